The molecule has 0 heterocycles. The van der Waals surface area contributed by atoms with Gasteiger partial charge in [-0.05, 0) is 54.3 Å². The lowest BCUT2D eigenvalue weighted by molar-refractivity contribution is -0.140. The fourth-order valence-electron chi connectivity index (χ4n) is 5.01. The highest BCUT2D eigenvalue weighted by atomic mass is 35.5. The van der Waals surface area contributed by atoms with Crippen LogP contribution in [-0.2, 0) is 32.6 Å². The quantitative estimate of drug-likeness (QED) is 0.303. The maximum Gasteiger partial charge on any atom is 0.244 e. The number of halogens is 3. The Bertz CT molecular complexity index is 1480. The zero-order valence-corrected chi connectivity index (χ0v) is 24.9. The van der Waals surface area contributed by atoms with Gasteiger partial charge in [0.1, 0.15) is 18.4 Å². The molecule has 4 rings (SSSR count). The minimum atomic E-state index is -4.00. The van der Waals surface area contributed by atoms with Crippen molar-refractivity contribution in [3.8, 4) is 0 Å². The van der Waals surface area contributed by atoms with Crippen LogP contribution in [0.2, 0.25) is 10.0 Å². The second kappa shape index (κ2) is 13.7. The van der Waals surface area contributed by atoms with E-state index in [0.29, 0.717) is 10.6 Å². The van der Waals surface area contributed by atoms with Gasteiger partial charge in [0.15, 0.2) is 0 Å². The molecule has 0 bridgehead atoms. The van der Waals surface area contributed by atoms with Gasteiger partial charge in [-0.3, -0.25) is 13.9 Å². The van der Waals surface area contributed by atoms with Crippen LogP contribution in [0, 0.1) is 5.82 Å². The third-order valence-electron chi connectivity index (χ3n) is 7.08. The first-order chi connectivity index (χ1) is 19.5. The number of hydrogen-bond acceptors (Lipinski definition) is 4. The maximum absolute atomic E-state index is 14.1. The number of nitrogens with zero attached hydrogens (tertiary/aromatic N) is 2. The third kappa shape index (κ3) is 8.44. The van der Waals surface area contributed by atoms with Gasteiger partial charge in [0.25, 0.3) is 0 Å². The van der Waals surface area contributed by atoms with Crippen molar-refractivity contribution < 1.29 is 22.4 Å². The van der Waals surface area contributed by atoms with E-state index in [4.69, 9.17) is 23.2 Å². The molecule has 11 heteroatoms. The van der Waals surface area contributed by atoms with E-state index in [-0.39, 0.29) is 35.6 Å². The van der Waals surface area contributed by atoms with E-state index in [9.17, 15) is 22.4 Å². The number of hydrogen-bond donors (Lipinski definition) is 1. The molecule has 1 aliphatic carbocycles. The summed E-state index contributed by atoms with van der Waals surface area (Å²) in [5.74, 6) is -1.64. The van der Waals surface area contributed by atoms with Gasteiger partial charge in [0.05, 0.1) is 17.0 Å². The molecule has 1 atom stereocenters. The average molecular weight is 621 g/mol. The summed E-state index contributed by atoms with van der Waals surface area (Å²) >= 11 is 12.2. The lowest BCUT2D eigenvalue weighted by atomic mass is 10.0. The van der Waals surface area contributed by atoms with Gasteiger partial charge in [-0.1, -0.05) is 78.5 Å². The number of amides is 2. The Morgan fingerprint density at radius 2 is 1.66 bits per heavy atom. The largest absolute Gasteiger partial charge is 0.352 e. The van der Waals surface area contributed by atoms with E-state index < -0.39 is 34.3 Å². The molecule has 1 N–H and O–H groups in total. The number of nitrogens with one attached hydrogen (secondary N) is 1. The van der Waals surface area contributed by atoms with Crippen molar-refractivity contribution >= 4 is 50.7 Å². The van der Waals surface area contributed by atoms with Gasteiger partial charge in [0.2, 0.25) is 21.8 Å². The summed E-state index contributed by atoms with van der Waals surface area (Å²) in [6.07, 6.45) is 4.92. The fraction of sp³-hybridized carbons (Fsp3) is 0.333. The average Bonchev–Trinajstić information content (AvgIpc) is 3.44. The second-order valence-corrected chi connectivity index (χ2v) is 13.0. The molecule has 1 aliphatic rings. The molecule has 2 amide bonds. The molecule has 0 spiro atoms. The summed E-state index contributed by atoms with van der Waals surface area (Å²) in [5, 5.41) is 3.29. The van der Waals surface area contributed by atoms with Gasteiger partial charge in [-0.25, -0.2) is 12.8 Å². The normalized spacial score (nSPS) is 14.4. The number of sulfonamides is 1. The van der Waals surface area contributed by atoms with Crippen molar-refractivity contribution in [2.24, 2.45) is 0 Å². The van der Waals surface area contributed by atoms with Crippen LogP contribution in [0.15, 0.2) is 72.8 Å². The van der Waals surface area contributed by atoms with E-state index >= 15 is 0 Å². The monoisotopic (exact) mass is 619 g/mol. The summed E-state index contributed by atoms with van der Waals surface area (Å²) in [6, 6.07) is 18.8. The first-order valence-corrected chi connectivity index (χ1v) is 15.9. The van der Waals surface area contributed by atoms with Gasteiger partial charge in [-0.15, -0.1) is 0 Å². The van der Waals surface area contributed by atoms with E-state index in [2.05, 4.69) is 5.32 Å². The zero-order chi connectivity index (χ0) is 29.6. The van der Waals surface area contributed by atoms with E-state index in [1.807, 2.05) is 30.3 Å². The molecular weight excluding hydrogens is 588 g/mol. The Hall–Kier alpha value is -3.14. The smallest absolute Gasteiger partial charge is 0.244 e. The molecule has 1 saturated carbocycles. The van der Waals surface area contributed by atoms with Crippen molar-refractivity contribution in [3.63, 3.8) is 0 Å². The van der Waals surface area contributed by atoms with Crippen LogP contribution in [0.25, 0.3) is 0 Å². The summed E-state index contributed by atoms with van der Waals surface area (Å²) in [7, 11) is -4.00. The number of rotatable bonds is 11. The van der Waals surface area contributed by atoms with Crippen molar-refractivity contribution in [1.82, 2.24) is 10.2 Å². The molecule has 3 aromatic carbocycles. The molecule has 1 fully saturated rings. The van der Waals surface area contributed by atoms with Gasteiger partial charge >= 0.3 is 0 Å². The van der Waals surface area contributed by atoms with Crippen molar-refractivity contribution in [3.05, 3.63) is 99.8 Å². The van der Waals surface area contributed by atoms with Gasteiger partial charge < -0.3 is 10.2 Å². The van der Waals surface area contributed by atoms with E-state index in [0.717, 1.165) is 53.9 Å². The number of carbonyl (C=O) groups is 2. The summed E-state index contributed by atoms with van der Waals surface area (Å²) < 4.78 is 40.4. The van der Waals surface area contributed by atoms with Crippen LogP contribution >= 0.6 is 23.2 Å². The predicted molar refractivity (Wildman–Crippen MR) is 160 cm³/mol. The predicted octanol–water partition coefficient (Wildman–Crippen LogP) is 5.60. The lowest BCUT2D eigenvalue weighted by Gasteiger charge is -2.34. The number of benzene rings is 3. The first-order valence-electron chi connectivity index (χ1n) is 13.3. The summed E-state index contributed by atoms with van der Waals surface area (Å²) in [4.78, 5) is 29.3. The number of carbonyl (C=O) groups excluding carboxylic acids is 2. The molecule has 0 aliphatic heterocycles. The van der Waals surface area contributed by atoms with Crippen LogP contribution in [0.3, 0.4) is 0 Å². The fourth-order valence-corrected chi connectivity index (χ4v) is 6.24. The number of anilines is 1. The third-order valence-corrected chi connectivity index (χ3v) is 8.75. The summed E-state index contributed by atoms with van der Waals surface area (Å²) in [6.45, 7) is -0.611. The van der Waals surface area contributed by atoms with Gasteiger partial charge in [-0.2, -0.15) is 0 Å². The zero-order valence-electron chi connectivity index (χ0n) is 22.6. The highest BCUT2D eigenvalue weighted by molar-refractivity contribution is 7.92. The second-order valence-electron chi connectivity index (χ2n) is 10.2. The molecule has 0 saturated heterocycles. The Balaban J connectivity index is 1.73. The van der Waals surface area contributed by atoms with E-state index in [1.165, 1.54) is 11.0 Å². The molecule has 3 aromatic rings. The Morgan fingerprint density at radius 3 is 2.29 bits per heavy atom. The van der Waals surface area contributed by atoms with Crippen LogP contribution in [0.1, 0.15) is 36.8 Å². The molecule has 218 valence electrons. The standard InChI is InChI=1S/C30H32Cl2FN3O4S/c1-41(39,40)36(25-14-15-27(33)26(32)18-25)20-29(37)35(19-22-10-7-11-23(31)16-22)28(17-21-8-3-2-4-9-21)30(38)34-24-12-5-6-13-24/h2-4,7-11,14-16,18,24,28H,5-6,12-13,17,19-20H2,1H3,(H,34,38). The Morgan fingerprint density at radius 1 is 0.976 bits per heavy atom. The van der Waals surface area contributed by atoms with Crippen LogP contribution < -0.4 is 9.62 Å². The Labute approximate surface area is 250 Å². The minimum absolute atomic E-state index is 0.0107. The Kier molecular flexibility index (Phi) is 10.3. The topological polar surface area (TPSA) is 86.8 Å². The molecule has 7 nitrogen and oxygen atoms in total. The first kappa shape index (κ1) is 30.8. The van der Waals surface area contributed by atoms with Crippen LogP contribution in [-0.4, -0.2) is 50.0 Å². The molecule has 0 aromatic heterocycles. The highest BCUT2D eigenvalue weighted by Gasteiger charge is 2.34. The van der Waals surface area contributed by atoms with Crippen LogP contribution in [0.5, 0.6) is 0 Å². The van der Waals surface area contributed by atoms with Crippen LogP contribution in [0.4, 0.5) is 10.1 Å². The van der Waals surface area contributed by atoms with Crippen molar-refractivity contribution in [2.75, 3.05) is 17.1 Å². The SMILES string of the molecule is CS(=O)(=O)N(CC(=O)N(Cc1cccc(Cl)c1)C(Cc1ccccc1)C(=O)NC1CCCC1)c1ccc(F)c(Cl)c1. The molecular formula is C30H32Cl2FN3O4S. The highest BCUT2D eigenvalue weighted by Crippen LogP contribution is 2.26. The van der Waals surface area contributed by atoms with E-state index in [1.54, 1.807) is 24.3 Å². The van der Waals surface area contributed by atoms with Gasteiger partial charge in [0, 0.05) is 24.0 Å². The lowest BCUT2D eigenvalue weighted by Crippen LogP contribution is -2.54. The maximum atomic E-state index is 14.1. The van der Waals surface area contributed by atoms with Crippen molar-refractivity contribution in [1.29, 1.82) is 0 Å². The summed E-state index contributed by atoms with van der Waals surface area (Å²) in [5.41, 5.74) is 1.55. The van der Waals surface area contributed by atoms with Crippen molar-refractivity contribution in [2.45, 2.75) is 50.7 Å². The molecule has 41 heavy (non-hydrogen) atoms. The molecule has 0 radical (unpaired) electrons. The minimum Gasteiger partial charge on any atom is -0.352 e. The molecule has 1 unspecified atom stereocenters.